The second kappa shape index (κ2) is 10.2. The van der Waals surface area contributed by atoms with Crippen LogP contribution in [0.25, 0.3) is 0 Å². The molecule has 0 aliphatic carbocycles. The number of benzene rings is 1. The van der Waals surface area contributed by atoms with E-state index >= 15 is 0 Å². The maximum Gasteiger partial charge on any atom is 0.414 e. The number of fused-ring (bicyclic) bond motifs is 1. The fraction of sp³-hybridized carbons (Fsp3) is 0.409. The summed E-state index contributed by atoms with van der Waals surface area (Å²) in [6.07, 6.45) is 0.566. The standard InChI is InChI=1S/C22H27N5O4S/c1-2-17(14-6-4-3-5-7-14)31-22(30)26-20(29)16-9-11-32-21(16)25-19(28)15-12-23-18-8-10-24-27(18)13-15/h3-7,9,11,15,17-18,23-24H,2,8,10,12-13H2,1H3,(H,25,28)(H,26,29,30). The van der Waals surface area contributed by atoms with Gasteiger partial charge in [0.2, 0.25) is 5.91 Å². The normalized spacial score (nSPS) is 21.4. The zero-order valence-electron chi connectivity index (χ0n) is 17.8. The molecule has 0 bridgehead atoms. The number of carbonyl (C=O) groups is 3. The number of carbonyl (C=O) groups excluding carboxylic acids is 3. The summed E-state index contributed by atoms with van der Waals surface area (Å²) in [6.45, 7) is 3.96. The second-order valence-electron chi connectivity index (χ2n) is 7.79. The van der Waals surface area contributed by atoms with E-state index in [1.807, 2.05) is 42.3 Å². The highest BCUT2D eigenvalue weighted by Crippen LogP contribution is 2.25. The summed E-state index contributed by atoms with van der Waals surface area (Å²) in [6, 6.07) is 10.9. The molecule has 9 nitrogen and oxygen atoms in total. The van der Waals surface area contributed by atoms with E-state index < -0.39 is 18.1 Å². The van der Waals surface area contributed by atoms with E-state index in [9.17, 15) is 14.4 Å². The lowest BCUT2D eigenvalue weighted by Gasteiger charge is -2.34. The maximum absolute atomic E-state index is 12.8. The van der Waals surface area contributed by atoms with Crippen LogP contribution in [0.1, 0.15) is 41.8 Å². The summed E-state index contributed by atoms with van der Waals surface area (Å²) in [4.78, 5) is 37.8. The SMILES string of the molecule is CCC(OC(=O)NC(=O)c1ccsc1NC(=O)C1CNC2CCNN2C1)c1ccccc1. The maximum atomic E-state index is 12.8. The first-order chi connectivity index (χ1) is 15.5. The van der Waals surface area contributed by atoms with Crippen LogP contribution < -0.4 is 21.4 Å². The number of thiophene rings is 1. The number of nitrogens with zero attached hydrogens (tertiary/aromatic N) is 1. The third-order valence-corrected chi connectivity index (χ3v) is 6.48. The molecule has 3 unspecified atom stereocenters. The largest absolute Gasteiger partial charge is 0.441 e. The molecule has 1 aromatic heterocycles. The van der Waals surface area contributed by atoms with Crippen LogP contribution in [-0.4, -0.2) is 48.7 Å². The molecule has 2 aliphatic heterocycles. The molecule has 32 heavy (non-hydrogen) atoms. The van der Waals surface area contributed by atoms with E-state index in [4.69, 9.17) is 4.74 Å². The van der Waals surface area contributed by atoms with Crippen LogP contribution >= 0.6 is 11.3 Å². The zero-order chi connectivity index (χ0) is 22.5. The van der Waals surface area contributed by atoms with Gasteiger partial charge in [-0.05, 0) is 29.9 Å². The van der Waals surface area contributed by atoms with Gasteiger partial charge in [0.1, 0.15) is 11.1 Å². The molecule has 2 fully saturated rings. The Hall–Kier alpha value is -2.79. The molecule has 2 aliphatic rings. The Morgan fingerprint density at radius 1 is 1.25 bits per heavy atom. The monoisotopic (exact) mass is 457 g/mol. The number of amides is 3. The first-order valence-corrected chi connectivity index (χ1v) is 11.6. The van der Waals surface area contributed by atoms with Crippen LogP contribution in [0.2, 0.25) is 0 Å². The third-order valence-electron chi connectivity index (χ3n) is 5.65. The first kappa shape index (κ1) is 22.4. The molecule has 3 amide bonds. The van der Waals surface area contributed by atoms with E-state index in [-0.39, 0.29) is 23.6 Å². The van der Waals surface area contributed by atoms with Gasteiger partial charge < -0.3 is 10.1 Å². The van der Waals surface area contributed by atoms with E-state index in [2.05, 4.69) is 21.4 Å². The predicted octanol–water partition coefficient (Wildman–Crippen LogP) is 2.46. The van der Waals surface area contributed by atoms with Gasteiger partial charge in [0, 0.05) is 19.6 Å². The Balaban J connectivity index is 1.33. The number of hydrazine groups is 1. The Kier molecular flexibility index (Phi) is 7.15. The van der Waals surface area contributed by atoms with E-state index in [0.29, 0.717) is 24.5 Å². The highest BCUT2D eigenvalue weighted by Gasteiger charge is 2.34. The van der Waals surface area contributed by atoms with Gasteiger partial charge in [-0.15, -0.1) is 11.3 Å². The Bertz CT molecular complexity index is 966. The molecule has 0 radical (unpaired) electrons. The van der Waals surface area contributed by atoms with Gasteiger partial charge in [-0.2, -0.15) is 0 Å². The van der Waals surface area contributed by atoms with Crippen LogP contribution in [0.3, 0.4) is 0 Å². The van der Waals surface area contributed by atoms with Crippen molar-refractivity contribution in [3.05, 3.63) is 52.9 Å². The van der Waals surface area contributed by atoms with Crippen molar-refractivity contribution in [2.75, 3.05) is 25.0 Å². The number of hydrogen-bond acceptors (Lipinski definition) is 8. The molecule has 10 heteroatoms. The highest BCUT2D eigenvalue weighted by molar-refractivity contribution is 7.14. The smallest absolute Gasteiger partial charge is 0.414 e. The van der Waals surface area contributed by atoms with Gasteiger partial charge in [0.05, 0.1) is 17.6 Å². The van der Waals surface area contributed by atoms with Crippen molar-refractivity contribution in [2.24, 2.45) is 5.92 Å². The molecule has 2 saturated heterocycles. The second-order valence-corrected chi connectivity index (χ2v) is 8.71. The number of ether oxygens (including phenoxy) is 1. The lowest BCUT2D eigenvalue weighted by molar-refractivity contribution is -0.122. The summed E-state index contributed by atoms with van der Waals surface area (Å²) in [5.74, 6) is -1.03. The molecule has 1 aromatic carbocycles. The minimum atomic E-state index is -0.822. The van der Waals surface area contributed by atoms with Crippen LogP contribution in [0.4, 0.5) is 9.80 Å². The fourth-order valence-corrected chi connectivity index (χ4v) is 4.73. The molecule has 4 rings (SSSR count). The molecular formula is C22H27N5O4S. The zero-order valence-corrected chi connectivity index (χ0v) is 18.6. The number of nitrogens with one attached hydrogen (secondary N) is 4. The molecule has 0 spiro atoms. The van der Waals surface area contributed by atoms with Crippen molar-refractivity contribution in [3.8, 4) is 0 Å². The van der Waals surface area contributed by atoms with Crippen molar-refractivity contribution < 1.29 is 19.1 Å². The minimum absolute atomic E-state index is 0.168. The Morgan fingerprint density at radius 3 is 2.84 bits per heavy atom. The van der Waals surface area contributed by atoms with Crippen molar-refractivity contribution in [2.45, 2.75) is 32.0 Å². The number of hydrogen-bond donors (Lipinski definition) is 4. The molecule has 0 saturated carbocycles. The average Bonchev–Trinajstić information content (AvgIpc) is 3.46. The van der Waals surface area contributed by atoms with Gasteiger partial charge >= 0.3 is 6.09 Å². The van der Waals surface area contributed by atoms with Crippen molar-refractivity contribution in [3.63, 3.8) is 0 Å². The number of alkyl carbamates (subject to hydrolysis) is 1. The summed E-state index contributed by atoms with van der Waals surface area (Å²) < 4.78 is 5.44. The van der Waals surface area contributed by atoms with Crippen LogP contribution in [-0.2, 0) is 9.53 Å². The van der Waals surface area contributed by atoms with Crippen molar-refractivity contribution >= 4 is 34.2 Å². The lowest BCUT2D eigenvalue weighted by Crippen LogP contribution is -2.57. The van der Waals surface area contributed by atoms with Crippen LogP contribution in [0.5, 0.6) is 0 Å². The summed E-state index contributed by atoms with van der Waals surface area (Å²) in [5, 5.41) is 12.6. The number of anilines is 1. The average molecular weight is 458 g/mol. The molecular weight excluding hydrogens is 430 g/mol. The van der Waals surface area contributed by atoms with Crippen molar-refractivity contribution in [1.29, 1.82) is 0 Å². The minimum Gasteiger partial charge on any atom is -0.441 e. The van der Waals surface area contributed by atoms with E-state index in [0.717, 1.165) is 18.5 Å². The first-order valence-electron chi connectivity index (χ1n) is 10.7. The molecule has 3 atom stereocenters. The van der Waals surface area contributed by atoms with Crippen molar-refractivity contribution in [1.82, 2.24) is 21.1 Å². The van der Waals surface area contributed by atoms with Gasteiger partial charge in [-0.25, -0.2) is 9.80 Å². The highest BCUT2D eigenvalue weighted by atomic mass is 32.1. The quantitative estimate of drug-likeness (QED) is 0.527. The van der Waals surface area contributed by atoms with Gasteiger partial charge in [-0.1, -0.05) is 37.3 Å². The summed E-state index contributed by atoms with van der Waals surface area (Å²) >= 11 is 1.24. The van der Waals surface area contributed by atoms with Crippen LogP contribution in [0, 0.1) is 5.92 Å². The van der Waals surface area contributed by atoms with Crippen LogP contribution in [0.15, 0.2) is 41.8 Å². The molecule has 4 N–H and O–H groups in total. The predicted molar refractivity (Wildman–Crippen MR) is 121 cm³/mol. The Labute approximate surface area is 190 Å². The topological polar surface area (TPSA) is 112 Å². The van der Waals surface area contributed by atoms with E-state index in [1.165, 1.54) is 11.3 Å². The molecule has 2 aromatic rings. The van der Waals surface area contributed by atoms with Gasteiger partial charge in [0.15, 0.2) is 0 Å². The Morgan fingerprint density at radius 2 is 2.06 bits per heavy atom. The van der Waals surface area contributed by atoms with Gasteiger partial charge in [-0.3, -0.25) is 25.6 Å². The van der Waals surface area contributed by atoms with Gasteiger partial charge in [0.25, 0.3) is 5.91 Å². The number of imide groups is 1. The molecule has 3 heterocycles. The fourth-order valence-electron chi connectivity index (χ4n) is 3.94. The number of rotatable bonds is 6. The van der Waals surface area contributed by atoms with E-state index in [1.54, 1.807) is 11.4 Å². The summed E-state index contributed by atoms with van der Waals surface area (Å²) in [5.41, 5.74) is 4.35. The lowest BCUT2D eigenvalue weighted by atomic mass is 10.1. The summed E-state index contributed by atoms with van der Waals surface area (Å²) in [7, 11) is 0. The molecule has 170 valence electrons. The third kappa shape index (κ3) is 5.16.